The molecule has 0 bridgehead atoms. The zero-order valence-corrected chi connectivity index (χ0v) is 4.40. The Hall–Kier alpha value is -0.180. The summed E-state index contributed by atoms with van der Waals surface area (Å²) in [5.74, 6) is 0.788. The van der Waals surface area contributed by atoms with E-state index in [4.69, 9.17) is 5.21 Å². The third-order valence-corrected chi connectivity index (χ3v) is 0.805. The SMILES string of the molecule is CSC/C=N/O. The molecule has 0 fully saturated rings. The molecule has 3 heteroatoms. The van der Waals surface area contributed by atoms with Gasteiger partial charge < -0.3 is 5.21 Å². The molecule has 0 aliphatic carbocycles. The molecule has 0 saturated heterocycles. The second-order valence-corrected chi connectivity index (χ2v) is 1.66. The lowest BCUT2D eigenvalue weighted by atomic mass is 10.9. The highest BCUT2D eigenvalue weighted by molar-refractivity contribution is 7.99. The number of oxime groups is 1. The maximum Gasteiger partial charge on any atom is 0.0534 e. The molecule has 0 rings (SSSR count). The van der Waals surface area contributed by atoms with Crippen LogP contribution in [0, 0.1) is 0 Å². The van der Waals surface area contributed by atoms with Crippen molar-refractivity contribution >= 4 is 18.0 Å². The normalized spacial score (nSPS) is 10.2. The first-order valence-corrected chi connectivity index (χ1v) is 2.96. The van der Waals surface area contributed by atoms with Crippen LogP contribution in [-0.4, -0.2) is 23.4 Å². The van der Waals surface area contributed by atoms with Gasteiger partial charge in [0.2, 0.25) is 0 Å². The van der Waals surface area contributed by atoms with Crippen molar-refractivity contribution in [3.8, 4) is 0 Å². The largest absolute Gasteiger partial charge is 0.411 e. The third kappa shape index (κ3) is 3.82. The fourth-order valence-electron chi connectivity index (χ4n) is 0.108. The Labute approximate surface area is 41.2 Å². The molecule has 0 aliphatic rings. The number of thioether (sulfide) groups is 1. The Kier molecular flexibility index (Phi) is 4.68. The molecule has 0 spiro atoms. The molecule has 0 radical (unpaired) electrons. The maximum absolute atomic E-state index is 7.75. The van der Waals surface area contributed by atoms with Crippen LogP contribution < -0.4 is 0 Å². The summed E-state index contributed by atoms with van der Waals surface area (Å²) in [5.41, 5.74) is 0. The molecule has 0 saturated carbocycles. The zero-order valence-electron chi connectivity index (χ0n) is 3.59. The molecular weight excluding hydrogens is 98.1 g/mol. The molecule has 0 amide bonds. The van der Waals surface area contributed by atoms with E-state index < -0.39 is 0 Å². The van der Waals surface area contributed by atoms with Crippen LogP contribution in [-0.2, 0) is 0 Å². The van der Waals surface area contributed by atoms with Crippen LogP contribution in [0.4, 0.5) is 0 Å². The van der Waals surface area contributed by atoms with Gasteiger partial charge in [0, 0.05) is 5.75 Å². The van der Waals surface area contributed by atoms with Crippen molar-refractivity contribution in [3.63, 3.8) is 0 Å². The first kappa shape index (κ1) is 5.82. The van der Waals surface area contributed by atoms with Gasteiger partial charge in [0.25, 0.3) is 0 Å². The van der Waals surface area contributed by atoms with E-state index >= 15 is 0 Å². The fourth-order valence-corrected chi connectivity index (χ4v) is 0.324. The van der Waals surface area contributed by atoms with Gasteiger partial charge in [0.1, 0.15) is 0 Å². The summed E-state index contributed by atoms with van der Waals surface area (Å²) < 4.78 is 0. The average Bonchev–Trinajstić information content (AvgIpc) is 1.61. The van der Waals surface area contributed by atoms with Gasteiger partial charge in [-0.05, 0) is 6.26 Å². The van der Waals surface area contributed by atoms with Crippen molar-refractivity contribution in [1.82, 2.24) is 0 Å². The Morgan fingerprint density at radius 1 is 2.00 bits per heavy atom. The van der Waals surface area contributed by atoms with Gasteiger partial charge in [-0.15, -0.1) is 5.16 Å². The van der Waals surface area contributed by atoms with E-state index in [1.165, 1.54) is 6.21 Å². The average molecular weight is 105 g/mol. The van der Waals surface area contributed by atoms with Crippen molar-refractivity contribution < 1.29 is 5.21 Å². The molecule has 0 aromatic rings. The van der Waals surface area contributed by atoms with E-state index in [1.807, 2.05) is 6.26 Å². The maximum atomic E-state index is 7.75. The van der Waals surface area contributed by atoms with Crippen LogP contribution in [0.5, 0.6) is 0 Å². The molecule has 2 nitrogen and oxygen atoms in total. The fraction of sp³-hybridized carbons (Fsp3) is 0.667. The van der Waals surface area contributed by atoms with Gasteiger partial charge >= 0.3 is 0 Å². The van der Waals surface area contributed by atoms with E-state index in [0.717, 1.165) is 5.75 Å². The molecule has 0 heterocycles. The summed E-state index contributed by atoms with van der Waals surface area (Å²) >= 11 is 1.62. The van der Waals surface area contributed by atoms with Gasteiger partial charge in [-0.25, -0.2) is 0 Å². The van der Waals surface area contributed by atoms with Gasteiger partial charge in [-0.3, -0.25) is 0 Å². The smallest absolute Gasteiger partial charge is 0.0534 e. The first-order valence-electron chi connectivity index (χ1n) is 1.56. The highest BCUT2D eigenvalue weighted by Crippen LogP contribution is 1.83. The Morgan fingerprint density at radius 3 is 2.83 bits per heavy atom. The van der Waals surface area contributed by atoms with E-state index in [1.54, 1.807) is 11.8 Å². The van der Waals surface area contributed by atoms with E-state index in [2.05, 4.69) is 5.16 Å². The zero-order chi connectivity index (χ0) is 4.83. The number of rotatable bonds is 2. The highest BCUT2D eigenvalue weighted by atomic mass is 32.2. The number of nitrogens with zero attached hydrogens (tertiary/aromatic N) is 1. The minimum atomic E-state index is 0.788. The summed E-state index contributed by atoms with van der Waals surface area (Å²) in [6.45, 7) is 0. The predicted molar refractivity (Wildman–Crippen MR) is 28.7 cm³/mol. The van der Waals surface area contributed by atoms with E-state index in [0.29, 0.717) is 0 Å². The van der Waals surface area contributed by atoms with Gasteiger partial charge in [-0.1, -0.05) is 0 Å². The van der Waals surface area contributed by atoms with Gasteiger partial charge in [0.15, 0.2) is 0 Å². The molecule has 36 valence electrons. The quantitative estimate of drug-likeness (QED) is 0.320. The number of hydrogen-bond donors (Lipinski definition) is 1. The van der Waals surface area contributed by atoms with Crippen LogP contribution in [0.15, 0.2) is 5.16 Å². The monoisotopic (exact) mass is 105 g/mol. The lowest BCUT2D eigenvalue weighted by molar-refractivity contribution is 0.321. The Bertz CT molecular complexity index is 46.1. The van der Waals surface area contributed by atoms with Crippen LogP contribution in [0.3, 0.4) is 0 Å². The summed E-state index contributed by atoms with van der Waals surface area (Å²) in [4.78, 5) is 0. The summed E-state index contributed by atoms with van der Waals surface area (Å²) in [6.07, 6.45) is 3.40. The van der Waals surface area contributed by atoms with Crippen LogP contribution in [0.25, 0.3) is 0 Å². The van der Waals surface area contributed by atoms with Gasteiger partial charge in [-0.2, -0.15) is 11.8 Å². The summed E-state index contributed by atoms with van der Waals surface area (Å²) in [5, 5.41) is 10.5. The lowest BCUT2D eigenvalue weighted by Gasteiger charge is -1.75. The lowest BCUT2D eigenvalue weighted by Crippen LogP contribution is -1.73. The predicted octanol–water partition coefficient (Wildman–Crippen LogP) is 0.809. The van der Waals surface area contributed by atoms with E-state index in [-0.39, 0.29) is 0 Å². The Balaban J connectivity index is 2.66. The standard InChI is InChI=1S/C3H7NOS/c1-6-3-2-4-5/h2,5H,3H2,1H3/b4-2+. The van der Waals surface area contributed by atoms with Crippen LogP contribution in [0.2, 0.25) is 0 Å². The highest BCUT2D eigenvalue weighted by Gasteiger charge is 1.67. The molecule has 0 aliphatic heterocycles. The van der Waals surface area contributed by atoms with Crippen LogP contribution >= 0.6 is 11.8 Å². The third-order valence-electron chi connectivity index (χ3n) is 0.323. The minimum Gasteiger partial charge on any atom is -0.411 e. The first-order chi connectivity index (χ1) is 2.91. The summed E-state index contributed by atoms with van der Waals surface area (Å²) in [7, 11) is 0. The van der Waals surface area contributed by atoms with E-state index in [9.17, 15) is 0 Å². The molecule has 1 N–H and O–H groups in total. The molecule has 0 unspecified atom stereocenters. The van der Waals surface area contributed by atoms with Crippen molar-refractivity contribution in [1.29, 1.82) is 0 Å². The van der Waals surface area contributed by atoms with Crippen LogP contribution in [0.1, 0.15) is 0 Å². The summed E-state index contributed by atoms with van der Waals surface area (Å²) in [6, 6.07) is 0. The molecule has 0 aromatic heterocycles. The topological polar surface area (TPSA) is 32.6 Å². The van der Waals surface area contributed by atoms with Gasteiger partial charge in [0.05, 0.1) is 6.21 Å². The molecule has 6 heavy (non-hydrogen) atoms. The molecular formula is C3H7NOS. The van der Waals surface area contributed by atoms with Crippen molar-refractivity contribution in [3.05, 3.63) is 0 Å². The van der Waals surface area contributed by atoms with Crippen molar-refractivity contribution in [2.24, 2.45) is 5.16 Å². The molecule has 0 aromatic carbocycles. The van der Waals surface area contributed by atoms with Crippen molar-refractivity contribution in [2.75, 3.05) is 12.0 Å². The second kappa shape index (κ2) is 4.82. The van der Waals surface area contributed by atoms with Crippen molar-refractivity contribution in [2.45, 2.75) is 0 Å². The molecule has 0 atom stereocenters. The second-order valence-electron chi connectivity index (χ2n) is 0.753. The number of hydrogen-bond acceptors (Lipinski definition) is 3. The minimum absolute atomic E-state index is 0.788. The Morgan fingerprint density at radius 2 is 2.67 bits per heavy atom.